The monoisotopic (exact) mass is 254 g/mol. The fourth-order valence-corrected chi connectivity index (χ4v) is 1.47. The number of rotatable bonds is 0. The van der Waals surface area contributed by atoms with Gasteiger partial charge < -0.3 is 4.74 Å². The molecule has 3 rings (SSSR count). The molecule has 1 aliphatic heterocycles. The first-order valence-electron chi connectivity index (χ1n) is 4.59. The lowest BCUT2D eigenvalue weighted by Gasteiger charge is -1.92. The van der Waals surface area contributed by atoms with Crippen molar-refractivity contribution >= 4 is 23.2 Å². The minimum Gasteiger partial charge on any atom is -0.487 e. The molecule has 2 bridgehead atoms. The largest absolute Gasteiger partial charge is 0.487 e. The van der Waals surface area contributed by atoms with Gasteiger partial charge in [-0.15, -0.1) is 0 Å². The maximum Gasteiger partial charge on any atom is 0.222 e. The summed E-state index contributed by atoms with van der Waals surface area (Å²) in [6.45, 7) is 0.683. The molecule has 5 heteroatoms. The second kappa shape index (κ2) is 5.14. The summed E-state index contributed by atoms with van der Waals surface area (Å²) in [7, 11) is 0. The van der Waals surface area contributed by atoms with E-state index in [0.717, 1.165) is 5.75 Å². The van der Waals surface area contributed by atoms with Gasteiger partial charge in [0.25, 0.3) is 0 Å². The van der Waals surface area contributed by atoms with Crippen molar-refractivity contribution in [2.75, 3.05) is 0 Å². The Bertz CT molecular complexity index is 477. The number of fused-ring (bicyclic) bond motifs is 2. The van der Waals surface area contributed by atoms with Gasteiger partial charge in [0, 0.05) is 12.4 Å². The van der Waals surface area contributed by atoms with Gasteiger partial charge in [0.2, 0.25) is 5.28 Å². The van der Waals surface area contributed by atoms with Crippen molar-refractivity contribution in [1.29, 1.82) is 0 Å². The van der Waals surface area contributed by atoms with Crippen molar-refractivity contribution in [3.05, 3.63) is 52.5 Å². The number of hydrogen-bond acceptors (Lipinski definition) is 3. The highest BCUT2D eigenvalue weighted by Gasteiger charge is 2.09. The zero-order valence-corrected chi connectivity index (χ0v) is 9.74. The Morgan fingerprint density at radius 2 is 1.88 bits per heavy atom. The van der Waals surface area contributed by atoms with E-state index < -0.39 is 0 Å². The van der Waals surface area contributed by atoms with Gasteiger partial charge in [-0.25, -0.2) is 9.97 Å². The van der Waals surface area contributed by atoms with Gasteiger partial charge in [0.05, 0.1) is 5.02 Å². The molecule has 2 aromatic rings. The molecule has 0 aliphatic carbocycles. The smallest absolute Gasteiger partial charge is 0.222 e. The third kappa shape index (κ3) is 2.84. The lowest BCUT2D eigenvalue weighted by Crippen LogP contribution is -1.81. The van der Waals surface area contributed by atoms with Crippen LogP contribution >= 0.6 is 23.2 Å². The molecule has 1 aliphatic rings. The van der Waals surface area contributed by atoms with Crippen LogP contribution in [0.3, 0.4) is 0 Å². The molecule has 0 radical (unpaired) electrons. The van der Waals surface area contributed by atoms with Crippen LogP contribution in [0.1, 0.15) is 5.56 Å². The molecule has 0 unspecified atom stereocenters. The predicted molar refractivity (Wildman–Crippen MR) is 62.8 cm³/mol. The second-order valence-electron chi connectivity index (χ2n) is 3.07. The molecule has 0 N–H and O–H groups in total. The highest BCUT2D eigenvalue weighted by Crippen LogP contribution is 2.30. The van der Waals surface area contributed by atoms with Gasteiger partial charge in [-0.05, 0) is 35.4 Å². The van der Waals surface area contributed by atoms with Crippen LogP contribution in [0.4, 0.5) is 0 Å². The van der Waals surface area contributed by atoms with Gasteiger partial charge in [0.1, 0.15) is 12.4 Å². The molecule has 0 saturated heterocycles. The van der Waals surface area contributed by atoms with E-state index in [1.165, 1.54) is 5.56 Å². The fraction of sp³-hybridized carbons (Fsp3) is 0.0909. The average Bonchev–Trinajstić information content (AvgIpc) is 2.70. The highest BCUT2D eigenvalue weighted by atomic mass is 35.5. The topological polar surface area (TPSA) is 35.0 Å². The Morgan fingerprint density at radius 3 is 2.44 bits per heavy atom. The maximum atomic E-state index is 5.73. The summed E-state index contributed by atoms with van der Waals surface area (Å²) in [5.74, 6) is 0.814. The van der Waals surface area contributed by atoms with Gasteiger partial charge >= 0.3 is 0 Å². The van der Waals surface area contributed by atoms with E-state index in [1.807, 2.05) is 18.2 Å². The molecule has 0 saturated carbocycles. The van der Waals surface area contributed by atoms with E-state index in [-0.39, 0.29) is 0 Å². The summed E-state index contributed by atoms with van der Waals surface area (Å²) >= 11 is 11.1. The van der Waals surface area contributed by atoms with Gasteiger partial charge in [-0.1, -0.05) is 17.7 Å². The van der Waals surface area contributed by atoms with Crippen LogP contribution in [-0.4, -0.2) is 9.97 Å². The quantitative estimate of drug-likeness (QED) is 0.677. The number of aromatic nitrogens is 2. The first-order chi connectivity index (χ1) is 7.75. The molecule has 3 nitrogen and oxygen atoms in total. The van der Waals surface area contributed by atoms with Gasteiger partial charge in [-0.3, -0.25) is 0 Å². The van der Waals surface area contributed by atoms with Gasteiger partial charge in [-0.2, -0.15) is 0 Å². The molecule has 16 heavy (non-hydrogen) atoms. The van der Waals surface area contributed by atoms with Crippen LogP contribution in [-0.2, 0) is 6.61 Å². The van der Waals surface area contributed by atoms with Crippen LogP contribution in [0.2, 0.25) is 10.3 Å². The van der Waals surface area contributed by atoms with E-state index in [0.29, 0.717) is 16.9 Å². The van der Waals surface area contributed by atoms with Crippen molar-refractivity contribution in [3.8, 4) is 5.75 Å². The Morgan fingerprint density at radius 1 is 1.12 bits per heavy atom. The summed E-state index contributed by atoms with van der Waals surface area (Å²) in [4.78, 5) is 7.27. The highest BCUT2D eigenvalue weighted by molar-refractivity contribution is 6.32. The fourth-order valence-electron chi connectivity index (χ4n) is 1.19. The van der Waals surface area contributed by atoms with Crippen LogP contribution < -0.4 is 4.74 Å². The Kier molecular flexibility index (Phi) is 3.59. The lowest BCUT2D eigenvalue weighted by atomic mass is 10.2. The molecule has 2 heterocycles. The first-order valence-corrected chi connectivity index (χ1v) is 5.35. The maximum absolute atomic E-state index is 5.73. The summed E-state index contributed by atoms with van der Waals surface area (Å²) in [6.07, 6.45) is 3.19. The molecule has 1 aromatic heterocycles. The molecular weight excluding hydrogens is 247 g/mol. The van der Waals surface area contributed by atoms with Crippen LogP contribution in [0.5, 0.6) is 5.75 Å². The minimum absolute atomic E-state index is 0.294. The first kappa shape index (κ1) is 11.2. The third-order valence-corrected chi connectivity index (χ3v) is 2.43. The van der Waals surface area contributed by atoms with Crippen molar-refractivity contribution in [2.24, 2.45) is 0 Å². The number of ether oxygens (including phenoxy) is 1. The molecular formula is C11H8Cl2N2O. The van der Waals surface area contributed by atoms with E-state index in [1.54, 1.807) is 18.5 Å². The second-order valence-corrected chi connectivity index (χ2v) is 3.82. The standard InChI is InChI=1S/C7H5ClO.C4H3ClN2/c8-6-2-1-5-3-7(6)9-4-5;5-4-6-2-1-3-7-4/h1-3H,4H2;1-3H. The molecule has 0 amide bonds. The number of nitrogens with zero attached hydrogens (tertiary/aromatic N) is 2. The Hall–Kier alpha value is -1.32. The van der Waals surface area contributed by atoms with Crippen molar-refractivity contribution in [2.45, 2.75) is 6.61 Å². The zero-order valence-electron chi connectivity index (χ0n) is 8.23. The van der Waals surface area contributed by atoms with Crippen molar-refractivity contribution in [1.82, 2.24) is 9.97 Å². The summed E-state index contributed by atoms with van der Waals surface area (Å²) in [5, 5.41) is 0.999. The van der Waals surface area contributed by atoms with E-state index in [2.05, 4.69) is 9.97 Å². The van der Waals surface area contributed by atoms with E-state index in [9.17, 15) is 0 Å². The molecule has 0 spiro atoms. The Balaban J connectivity index is 0.000000125. The Labute approximate surface area is 103 Å². The van der Waals surface area contributed by atoms with Crippen LogP contribution in [0.25, 0.3) is 0 Å². The SMILES string of the molecule is Clc1ccc2cc1OC2.Clc1ncccn1. The summed E-state index contributed by atoms with van der Waals surface area (Å²) < 4.78 is 5.18. The van der Waals surface area contributed by atoms with Gasteiger partial charge in [0.15, 0.2) is 0 Å². The third-order valence-electron chi connectivity index (χ3n) is 1.92. The molecule has 0 fully saturated rings. The normalized spacial score (nSPS) is 11.4. The summed E-state index contributed by atoms with van der Waals surface area (Å²) in [6, 6.07) is 7.51. The summed E-state index contributed by atoms with van der Waals surface area (Å²) in [5.41, 5.74) is 1.20. The molecule has 82 valence electrons. The lowest BCUT2D eigenvalue weighted by molar-refractivity contribution is 0.328. The van der Waals surface area contributed by atoms with E-state index >= 15 is 0 Å². The minimum atomic E-state index is 0.294. The van der Waals surface area contributed by atoms with Crippen LogP contribution in [0, 0.1) is 0 Å². The number of hydrogen-bond donors (Lipinski definition) is 0. The van der Waals surface area contributed by atoms with Crippen molar-refractivity contribution in [3.63, 3.8) is 0 Å². The number of benzene rings is 1. The molecule has 0 atom stereocenters. The predicted octanol–water partition coefficient (Wildman–Crippen LogP) is 3.36. The van der Waals surface area contributed by atoms with Crippen LogP contribution in [0.15, 0.2) is 36.7 Å². The van der Waals surface area contributed by atoms with E-state index in [4.69, 9.17) is 27.9 Å². The van der Waals surface area contributed by atoms with Crippen molar-refractivity contribution < 1.29 is 4.74 Å². The number of halogens is 2. The molecule has 1 aromatic carbocycles. The zero-order chi connectivity index (χ0) is 11.4. The average molecular weight is 255 g/mol.